The highest BCUT2D eigenvalue weighted by Crippen LogP contribution is 2.36. The van der Waals surface area contributed by atoms with Crippen LogP contribution in [0.4, 0.5) is 0 Å². The standard InChI is InChI=1S/C12H24N2OS/c1-4-9(2)10(13)11(15)14-8-12(3)6-5-7-16-12/h9-10H,4-8,13H2,1-3H3,(H,14,15). The van der Waals surface area contributed by atoms with Gasteiger partial charge in [-0.25, -0.2) is 0 Å². The van der Waals surface area contributed by atoms with Crippen molar-refractivity contribution in [2.75, 3.05) is 12.3 Å². The number of nitrogens with one attached hydrogen (secondary N) is 1. The maximum absolute atomic E-state index is 11.8. The predicted molar refractivity (Wildman–Crippen MR) is 70.5 cm³/mol. The van der Waals surface area contributed by atoms with E-state index in [1.54, 1.807) is 0 Å². The van der Waals surface area contributed by atoms with Crippen LogP contribution < -0.4 is 11.1 Å². The summed E-state index contributed by atoms with van der Waals surface area (Å²) in [6.07, 6.45) is 3.39. The van der Waals surface area contributed by atoms with Gasteiger partial charge in [0.15, 0.2) is 0 Å². The zero-order valence-corrected chi connectivity index (χ0v) is 11.4. The molecule has 1 aliphatic rings. The first-order valence-electron chi connectivity index (χ1n) is 6.16. The number of amides is 1. The Morgan fingerprint density at radius 2 is 2.31 bits per heavy atom. The molecular weight excluding hydrogens is 220 g/mol. The fraction of sp³-hybridized carbons (Fsp3) is 0.917. The average molecular weight is 244 g/mol. The first-order chi connectivity index (χ1) is 7.48. The Kier molecular flexibility index (Phi) is 5.12. The normalized spacial score (nSPS) is 28.8. The van der Waals surface area contributed by atoms with Gasteiger partial charge in [-0.1, -0.05) is 20.3 Å². The minimum Gasteiger partial charge on any atom is -0.353 e. The Morgan fingerprint density at radius 1 is 1.62 bits per heavy atom. The van der Waals surface area contributed by atoms with Gasteiger partial charge in [-0.3, -0.25) is 4.79 Å². The summed E-state index contributed by atoms with van der Waals surface area (Å²) < 4.78 is 0.227. The summed E-state index contributed by atoms with van der Waals surface area (Å²) in [6.45, 7) is 7.06. The number of carbonyl (C=O) groups is 1. The molecule has 1 heterocycles. The Bertz CT molecular complexity index is 239. The Labute approximate surface area is 103 Å². The van der Waals surface area contributed by atoms with Gasteiger partial charge < -0.3 is 11.1 Å². The van der Waals surface area contributed by atoms with Crippen LogP contribution in [0.2, 0.25) is 0 Å². The third-order valence-electron chi connectivity index (χ3n) is 3.50. The SMILES string of the molecule is CCC(C)C(N)C(=O)NCC1(C)CCCS1. The first-order valence-corrected chi connectivity index (χ1v) is 7.14. The molecule has 0 spiro atoms. The molecule has 3 unspecified atom stereocenters. The molecule has 1 rings (SSSR count). The van der Waals surface area contributed by atoms with E-state index in [0.717, 1.165) is 13.0 Å². The van der Waals surface area contributed by atoms with E-state index in [-0.39, 0.29) is 22.6 Å². The smallest absolute Gasteiger partial charge is 0.237 e. The van der Waals surface area contributed by atoms with Gasteiger partial charge in [0.25, 0.3) is 0 Å². The van der Waals surface area contributed by atoms with Gasteiger partial charge in [-0.05, 0) is 31.4 Å². The Balaban J connectivity index is 2.34. The van der Waals surface area contributed by atoms with E-state index < -0.39 is 0 Å². The van der Waals surface area contributed by atoms with E-state index in [2.05, 4.69) is 19.2 Å². The molecule has 3 nitrogen and oxygen atoms in total. The summed E-state index contributed by atoms with van der Waals surface area (Å²) in [4.78, 5) is 11.8. The van der Waals surface area contributed by atoms with Gasteiger partial charge >= 0.3 is 0 Å². The minimum absolute atomic E-state index is 0.00285. The molecule has 0 bridgehead atoms. The first kappa shape index (κ1) is 13.8. The largest absolute Gasteiger partial charge is 0.353 e. The molecule has 3 N–H and O–H groups in total. The number of carbonyl (C=O) groups excluding carboxylic acids is 1. The lowest BCUT2D eigenvalue weighted by Crippen LogP contribution is -2.48. The van der Waals surface area contributed by atoms with Crippen LogP contribution in [0.15, 0.2) is 0 Å². The van der Waals surface area contributed by atoms with E-state index in [9.17, 15) is 4.79 Å². The molecule has 94 valence electrons. The lowest BCUT2D eigenvalue weighted by Gasteiger charge is -2.25. The monoisotopic (exact) mass is 244 g/mol. The predicted octanol–water partition coefficient (Wildman–Crippen LogP) is 1.76. The molecule has 1 amide bonds. The fourth-order valence-corrected chi connectivity index (χ4v) is 3.12. The summed E-state index contributed by atoms with van der Waals surface area (Å²) >= 11 is 1.96. The van der Waals surface area contributed by atoms with Crippen molar-refractivity contribution in [1.29, 1.82) is 0 Å². The second-order valence-corrected chi connectivity index (χ2v) is 6.71. The highest BCUT2D eigenvalue weighted by molar-refractivity contribution is 8.00. The van der Waals surface area contributed by atoms with Crippen LogP contribution in [-0.4, -0.2) is 29.0 Å². The van der Waals surface area contributed by atoms with Crippen LogP contribution in [-0.2, 0) is 4.79 Å². The number of thioether (sulfide) groups is 1. The Morgan fingerprint density at radius 3 is 2.81 bits per heavy atom. The second kappa shape index (κ2) is 5.92. The number of nitrogens with two attached hydrogens (primary N) is 1. The van der Waals surface area contributed by atoms with Crippen LogP contribution in [0, 0.1) is 5.92 Å². The van der Waals surface area contributed by atoms with Crippen molar-refractivity contribution >= 4 is 17.7 Å². The van der Waals surface area contributed by atoms with Gasteiger partial charge in [0.1, 0.15) is 0 Å². The summed E-state index contributed by atoms with van der Waals surface area (Å²) in [5.41, 5.74) is 5.88. The Hall–Kier alpha value is -0.220. The molecule has 3 atom stereocenters. The van der Waals surface area contributed by atoms with Gasteiger partial charge in [0.2, 0.25) is 5.91 Å². The van der Waals surface area contributed by atoms with E-state index >= 15 is 0 Å². The van der Waals surface area contributed by atoms with E-state index in [1.807, 2.05) is 18.7 Å². The minimum atomic E-state index is -0.361. The molecule has 0 aromatic carbocycles. The van der Waals surface area contributed by atoms with Crippen LogP contribution >= 0.6 is 11.8 Å². The van der Waals surface area contributed by atoms with E-state index in [1.165, 1.54) is 18.6 Å². The molecule has 4 heteroatoms. The maximum Gasteiger partial charge on any atom is 0.237 e. The maximum atomic E-state index is 11.8. The van der Waals surface area contributed by atoms with Crippen molar-refractivity contribution < 1.29 is 4.79 Å². The average Bonchev–Trinajstić information content (AvgIpc) is 2.71. The molecule has 1 saturated heterocycles. The van der Waals surface area contributed by atoms with Crippen LogP contribution in [0.3, 0.4) is 0 Å². The molecule has 1 fully saturated rings. The summed E-state index contributed by atoms with van der Waals surface area (Å²) in [7, 11) is 0. The third kappa shape index (κ3) is 3.67. The quantitative estimate of drug-likeness (QED) is 0.775. The van der Waals surface area contributed by atoms with Crippen molar-refractivity contribution in [2.45, 2.75) is 50.8 Å². The number of hydrogen-bond donors (Lipinski definition) is 2. The molecule has 0 aromatic rings. The van der Waals surface area contributed by atoms with Gasteiger partial charge in [0, 0.05) is 11.3 Å². The van der Waals surface area contributed by atoms with Crippen molar-refractivity contribution in [1.82, 2.24) is 5.32 Å². The molecule has 0 aromatic heterocycles. The number of rotatable bonds is 5. The van der Waals surface area contributed by atoms with Crippen molar-refractivity contribution in [3.05, 3.63) is 0 Å². The molecule has 0 radical (unpaired) electrons. The zero-order chi connectivity index (χ0) is 12.2. The third-order valence-corrected chi connectivity index (χ3v) is 5.03. The fourth-order valence-electron chi connectivity index (χ4n) is 1.88. The van der Waals surface area contributed by atoms with E-state index in [4.69, 9.17) is 5.73 Å². The molecule has 0 aliphatic carbocycles. The highest BCUT2D eigenvalue weighted by Gasteiger charge is 2.30. The van der Waals surface area contributed by atoms with Crippen LogP contribution in [0.1, 0.15) is 40.0 Å². The molecule has 1 aliphatic heterocycles. The van der Waals surface area contributed by atoms with Gasteiger partial charge in [0.05, 0.1) is 6.04 Å². The zero-order valence-electron chi connectivity index (χ0n) is 10.6. The van der Waals surface area contributed by atoms with Crippen molar-refractivity contribution in [3.63, 3.8) is 0 Å². The van der Waals surface area contributed by atoms with Gasteiger partial charge in [-0.2, -0.15) is 11.8 Å². The summed E-state index contributed by atoms with van der Waals surface area (Å²) in [5, 5.41) is 3.00. The second-order valence-electron chi connectivity index (χ2n) is 5.03. The van der Waals surface area contributed by atoms with Crippen LogP contribution in [0.25, 0.3) is 0 Å². The van der Waals surface area contributed by atoms with E-state index in [0.29, 0.717) is 0 Å². The highest BCUT2D eigenvalue weighted by atomic mass is 32.2. The lowest BCUT2D eigenvalue weighted by atomic mass is 9.99. The molecular formula is C12H24N2OS. The van der Waals surface area contributed by atoms with Crippen molar-refractivity contribution in [3.8, 4) is 0 Å². The number of hydrogen-bond acceptors (Lipinski definition) is 3. The lowest BCUT2D eigenvalue weighted by molar-refractivity contribution is -0.123. The summed E-state index contributed by atoms with van der Waals surface area (Å²) in [5.74, 6) is 1.47. The molecule has 0 saturated carbocycles. The van der Waals surface area contributed by atoms with Crippen molar-refractivity contribution in [2.24, 2.45) is 11.7 Å². The van der Waals surface area contributed by atoms with Gasteiger partial charge in [-0.15, -0.1) is 0 Å². The molecule has 16 heavy (non-hydrogen) atoms. The topological polar surface area (TPSA) is 55.1 Å². The summed E-state index contributed by atoms with van der Waals surface area (Å²) in [6, 6.07) is -0.361. The van der Waals surface area contributed by atoms with Crippen LogP contribution in [0.5, 0.6) is 0 Å².